The number of fused-ring (bicyclic) bond motifs is 1. The van der Waals surface area contributed by atoms with Crippen molar-refractivity contribution in [3.8, 4) is 0 Å². The van der Waals surface area contributed by atoms with Crippen LogP contribution in [0, 0.1) is 0 Å². The fourth-order valence-electron chi connectivity index (χ4n) is 3.31. The second kappa shape index (κ2) is 6.98. The maximum atomic E-state index is 12.5. The summed E-state index contributed by atoms with van der Waals surface area (Å²) in [5, 5.41) is 0. The maximum absolute atomic E-state index is 12.5. The summed E-state index contributed by atoms with van der Waals surface area (Å²) in [6.07, 6.45) is 3.67. The minimum Gasteiger partial charge on any atom is -0.353 e. The molecule has 128 valence electrons. The zero-order valence-electron chi connectivity index (χ0n) is 13.9. The van der Waals surface area contributed by atoms with Crippen LogP contribution in [0.3, 0.4) is 0 Å². The van der Waals surface area contributed by atoms with Crippen molar-refractivity contribution in [2.75, 3.05) is 26.8 Å². The monoisotopic (exact) mass is 323 g/mol. The highest BCUT2D eigenvalue weighted by Crippen LogP contribution is 2.15. The lowest BCUT2D eigenvalue weighted by Gasteiger charge is -2.28. The minimum atomic E-state index is -0.258. The number of hydrogen-bond donors (Lipinski definition) is 0. The van der Waals surface area contributed by atoms with Gasteiger partial charge in [-0.2, -0.15) is 0 Å². The Labute approximate surface area is 135 Å². The molecule has 0 saturated carbocycles. The van der Waals surface area contributed by atoms with E-state index in [4.69, 9.17) is 9.47 Å². The molecule has 1 saturated heterocycles. The molecule has 0 radical (unpaired) electrons. The quantitative estimate of drug-likeness (QED) is 0.785. The number of likely N-dealkylation sites (N-methyl/N-ethyl adjacent to an activating group) is 1. The van der Waals surface area contributed by atoms with Crippen molar-refractivity contribution in [3.63, 3.8) is 0 Å². The third-order valence-electron chi connectivity index (χ3n) is 4.67. The molecule has 3 heterocycles. The summed E-state index contributed by atoms with van der Waals surface area (Å²) in [5.74, 6) is 0. The minimum absolute atomic E-state index is 0.158. The van der Waals surface area contributed by atoms with Crippen molar-refractivity contribution < 1.29 is 9.47 Å². The second-order valence-electron chi connectivity index (χ2n) is 6.38. The van der Waals surface area contributed by atoms with Gasteiger partial charge in [0.15, 0.2) is 6.29 Å². The Kier molecular flexibility index (Phi) is 4.99. The van der Waals surface area contributed by atoms with Gasteiger partial charge < -0.3 is 14.4 Å². The summed E-state index contributed by atoms with van der Waals surface area (Å²) < 4.78 is 14.2. The summed E-state index contributed by atoms with van der Waals surface area (Å²) >= 11 is 0. The van der Waals surface area contributed by atoms with E-state index in [1.165, 1.54) is 4.57 Å². The number of aromatic nitrogens is 2. The van der Waals surface area contributed by atoms with E-state index in [1.807, 2.05) is 7.05 Å². The lowest BCUT2D eigenvalue weighted by molar-refractivity contribution is -0.163. The van der Waals surface area contributed by atoms with E-state index in [1.54, 1.807) is 11.6 Å². The molecular weight excluding hydrogens is 298 g/mol. The van der Waals surface area contributed by atoms with Gasteiger partial charge >= 0.3 is 5.69 Å². The molecule has 3 rings (SSSR count). The van der Waals surface area contributed by atoms with Crippen molar-refractivity contribution >= 4 is 0 Å². The van der Waals surface area contributed by atoms with Crippen molar-refractivity contribution in [3.05, 3.63) is 32.1 Å². The molecule has 1 atom stereocenters. The number of hydrogen-bond acceptors (Lipinski definition) is 5. The predicted octanol–water partition coefficient (Wildman–Crippen LogP) is 0.0781. The summed E-state index contributed by atoms with van der Waals surface area (Å²) in [7, 11) is 3.53. The average Bonchev–Trinajstić information content (AvgIpc) is 2.57. The first kappa shape index (κ1) is 16.4. The van der Waals surface area contributed by atoms with E-state index in [-0.39, 0.29) is 17.5 Å². The smallest absolute Gasteiger partial charge is 0.331 e. The second-order valence-corrected chi connectivity index (χ2v) is 6.38. The molecule has 0 N–H and O–H groups in total. The van der Waals surface area contributed by atoms with Crippen molar-refractivity contribution in [1.29, 1.82) is 0 Å². The molecule has 0 bridgehead atoms. The first-order valence-electron chi connectivity index (χ1n) is 8.31. The van der Waals surface area contributed by atoms with Gasteiger partial charge in [-0.1, -0.05) is 0 Å². The Morgan fingerprint density at radius 2 is 2.09 bits per heavy atom. The molecule has 7 heteroatoms. The van der Waals surface area contributed by atoms with Crippen LogP contribution in [0.5, 0.6) is 0 Å². The van der Waals surface area contributed by atoms with Gasteiger partial charge in [0, 0.05) is 38.9 Å². The largest absolute Gasteiger partial charge is 0.353 e. The van der Waals surface area contributed by atoms with Crippen molar-refractivity contribution in [2.24, 2.45) is 7.05 Å². The van der Waals surface area contributed by atoms with Crippen LogP contribution in [0.25, 0.3) is 0 Å². The zero-order chi connectivity index (χ0) is 16.4. The number of nitrogens with zero attached hydrogens (tertiary/aromatic N) is 3. The predicted molar refractivity (Wildman–Crippen MR) is 85.5 cm³/mol. The highest BCUT2D eigenvalue weighted by atomic mass is 16.7. The van der Waals surface area contributed by atoms with Gasteiger partial charge in [0.05, 0.1) is 18.7 Å². The molecule has 7 nitrogen and oxygen atoms in total. The normalized spacial score (nSPS) is 22.1. The van der Waals surface area contributed by atoms with Crippen molar-refractivity contribution in [1.82, 2.24) is 14.0 Å². The van der Waals surface area contributed by atoms with Crippen LogP contribution in [-0.2, 0) is 36.0 Å². The van der Waals surface area contributed by atoms with E-state index < -0.39 is 0 Å². The molecule has 1 aromatic heterocycles. The summed E-state index contributed by atoms with van der Waals surface area (Å²) in [4.78, 5) is 26.9. The van der Waals surface area contributed by atoms with E-state index >= 15 is 0 Å². The third kappa shape index (κ3) is 3.41. The Bertz CT molecular complexity index is 673. The molecule has 0 spiro atoms. The SMILES string of the molecule is CN1CCc2c(c(=O)n(C)c(=O)n2CCOC2CCCCO2)C1. The van der Waals surface area contributed by atoms with Crippen LogP contribution in [0.1, 0.15) is 30.5 Å². The lowest BCUT2D eigenvalue weighted by Crippen LogP contribution is -2.46. The zero-order valence-corrected chi connectivity index (χ0v) is 13.9. The van der Waals surface area contributed by atoms with Crippen LogP contribution >= 0.6 is 0 Å². The van der Waals surface area contributed by atoms with Gasteiger partial charge in [-0.3, -0.25) is 13.9 Å². The van der Waals surface area contributed by atoms with E-state index in [0.29, 0.717) is 19.7 Å². The Morgan fingerprint density at radius 1 is 1.26 bits per heavy atom. The van der Waals surface area contributed by atoms with Gasteiger partial charge in [-0.25, -0.2) is 4.79 Å². The molecule has 0 aliphatic carbocycles. The molecule has 0 aromatic carbocycles. The molecular formula is C16H25N3O4. The lowest BCUT2D eigenvalue weighted by atomic mass is 10.1. The topological polar surface area (TPSA) is 65.7 Å². The van der Waals surface area contributed by atoms with Gasteiger partial charge in [0.2, 0.25) is 0 Å². The van der Waals surface area contributed by atoms with Gasteiger partial charge in [-0.15, -0.1) is 0 Å². The summed E-state index contributed by atoms with van der Waals surface area (Å²) in [6, 6.07) is 0. The standard InChI is InChI=1S/C16H25N3O4/c1-17-7-6-13-12(11-17)15(20)18(2)16(21)19(13)8-10-23-14-5-3-4-9-22-14/h14H,3-11H2,1-2H3. The van der Waals surface area contributed by atoms with Crippen LogP contribution in [0.2, 0.25) is 0 Å². The Balaban J connectivity index is 1.78. The average molecular weight is 323 g/mol. The first-order chi connectivity index (χ1) is 11.1. The maximum Gasteiger partial charge on any atom is 0.331 e. The molecule has 23 heavy (non-hydrogen) atoms. The fourth-order valence-corrected chi connectivity index (χ4v) is 3.31. The van der Waals surface area contributed by atoms with Crippen LogP contribution in [0.15, 0.2) is 9.59 Å². The van der Waals surface area contributed by atoms with Gasteiger partial charge in [0.25, 0.3) is 5.56 Å². The fraction of sp³-hybridized carbons (Fsp3) is 0.750. The van der Waals surface area contributed by atoms with Crippen LogP contribution in [0.4, 0.5) is 0 Å². The van der Waals surface area contributed by atoms with Crippen LogP contribution in [-0.4, -0.2) is 47.1 Å². The van der Waals surface area contributed by atoms with E-state index in [9.17, 15) is 9.59 Å². The highest BCUT2D eigenvalue weighted by Gasteiger charge is 2.23. The molecule has 1 fully saturated rings. The Morgan fingerprint density at radius 3 is 2.83 bits per heavy atom. The molecule has 1 unspecified atom stereocenters. The molecule has 2 aliphatic heterocycles. The molecule has 2 aliphatic rings. The number of rotatable bonds is 4. The van der Waals surface area contributed by atoms with Crippen LogP contribution < -0.4 is 11.2 Å². The highest BCUT2D eigenvalue weighted by molar-refractivity contribution is 5.21. The van der Waals surface area contributed by atoms with Gasteiger partial charge in [-0.05, 0) is 26.3 Å². The Hall–Kier alpha value is -1.44. The van der Waals surface area contributed by atoms with E-state index in [0.717, 1.165) is 50.1 Å². The number of ether oxygens (including phenoxy) is 2. The summed E-state index contributed by atoms with van der Waals surface area (Å²) in [6.45, 7) is 3.07. The molecule has 1 aromatic rings. The molecule has 0 amide bonds. The third-order valence-corrected chi connectivity index (χ3v) is 4.67. The summed E-state index contributed by atoms with van der Waals surface area (Å²) in [5.41, 5.74) is 1.16. The van der Waals surface area contributed by atoms with E-state index in [2.05, 4.69) is 4.90 Å². The first-order valence-corrected chi connectivity index (χ1v) is 8.31. The van der Waals surface area contributed by atoms with Gasteiger partial charge in [0.1, 0.15) is 0 Å². The van der Waals surface area contributed by atoms with Crippen molar-refractivity contribution in [2.45, 2.75) is 45.1 Å².